The van der Waals surface area contributed by atoms with E-state index in [1.54, 1.807) is 29.2 Å². The molecule has 0 fully saturated rings. The first-order chi connectivity index (χ1) is 17.1. The summed E-state index contributed by atoms with van der Waals surface area (Å²) in [5.41, 5.74) is 3.47. The predicted molar refractivity (Wildman–Crippen MR) is 128 cm³/mol. The van der Waals surface area contributed by atoms with E-state index in [0.717, 1.165) is 25.7 Å². The Labute approximate surface area is 203 Å². The maximum atomic E-state index is 13.8. The molecule has 1 atom stereocenters. The third kappa shape index (κ3) is 5.44. The summed E-state index contributed by atoms with van der Waals surface area (Å²) in [5.74, 6) is 0.280. The average Bonchev–Trinajstić information content (AvgIpc) is 3.01. The zero-order valence-electron chi connectivity index (χ0n) is 19.4. The van der Waals surface area contributed by atoms with Crippen LogP contribution < -0.4 is 9.47 Å². The number of halogens is 1. The van der Waals surface area contributed by atoms with E-state index in [1.165, 1.54) is 17.3 Å². The van der Waals surface area contributed by atoms with Crippen LogP contribution in [-0.4, -0.2) is 64.7 Å². The quantitative estimate of drug-likeness (QED) is 0.564. The van der Waals surface area contributed by atoms with E-state index < -0.39 is 11.9 Å². The number of ether oxygens (including phenoxy) is 2. The monoisotopic (exact) mass is 477 g/mol. The molecule has 7 nitrogen and oxygen atoms in total. The van der Waals surface area contributed by atoms with Gasteiger partial charge in [-0.15, -0.1) is 0 Å². The van der Waals surface area contributed by atoms with Crippen LogP contribution in [0.2, 0.25) is 0 Å². The van der Waals surface area contributed by atoms with Crippen LogP contribution in [0.4, 0.5) is 4.39 Å². The van der Waals surface area contributed by atoms with Crippen LogP contribution in [0.5, 0.6) is 11.5 Å². The molecule has 0 radical (unpaired) electrons. The number of hydrogen-bond donors (Lipinski definition) is 1. The smallest absolute Gasteiger partial charge is 0.257 e. The number of carbonyl (C=O) groups excluding carboxylic acids is 1. The maximum Gasteiger partial charge on any atom is 0.257 e. The number of aliphatic hydroxyl groups is 1. The summed E-state index contributed by atoms with van der Waals surface area (Å²) in [6.45, 7) is 3.17. The Kier molecular flexibility index (Phi) is 6.92. The van der Waals surface area contributed by atoms with E-state index in [4.69, 9.17) is 9.47 Å². The fourth-order valence-corrected chi connectivity index (χ4v) is 4.60. The van der Waals surface area contributed by atoms with Crippen molar-refractivity contribution >= 4 is 5.91 Å². The van der Waals surface area contributed by atoms with Crippen LogP contribution in [-0.2, 0) is 19.6 Å². The largest absolute Gasteiger partial charge is 0.491 e. The number of nitrogens with zero attached hydrogens (tertiary/aromatic N) is 3. The number of β-amino-alcohol motifs (C(OH)–C–C–N with tert-alkyl or cyclic N) is 1. The number of carbonyl (C=O) groups is 1. The second-order valence-corrected chi connectivity index (χ2v) is 8.92. The standard InChI is InChI=1S/C27H28FN3O4/c28-25-14-29-9-7-21(25)18-35-23-5-6-24-26(13-23)34-12-11-31(27(24)33)17-22(32)16-30-10-8-19-3-1-2-4-20(19)15-30/h1-7,9,13-14,22,32H,8,10-12,15-18H2/t22-/m1/s1. The first-order valence-corrected chi connectivity index (χ1v) is 11.8. The highest BCUT2D eigenvalue weighted by Gasteiger charge is 2.27. The van der Waals surface area contributed by atoms with Crippen molar-refractivity contribution in [3.8, 4) is 11.5 Å². The minimum Gasteiger partial charge on any atom is -0.491 e. The molecule has 0 aliphatic carbocycles. The van der Waals surface area contributed by atoms with Gasteiger partial charge in [0, 0.05) is 44.0 Å². The highest BCUT2D eigenvalue weighted by Crippen LogP contribution is 2.29. The molecular formula is C27H28FN3O4. The fraction of sp³-hybridized carbons (Fsp3) is 0.333. The van der Waals surface area contributed by atoms with Crippen LogP contribution in [0.15, 0.2) is 60.9 Å². The summed E-state index contributed by atoms with van der Waals surface area (Å²) < 4.78 is 25.3. The van der Waals surface area contributed by atoms with Gasteiger partial charge in [-0.25, -0.2) is 4.39 Å². The topological polar surface area (TPSA) is 75.1 Å². The van der Waals surface area contributed by atoms with Crippen LogP contribution in [0, 0.1) is 5.82 Å². The summed E-state index contributed by atoms with van der Waals surface area (Å²) in [6.07, 6.45) is 2.95. The van der Waals surface area contributed by atoms with Gasteiger partial charge in [-0.1, -0.05) is 24.3 Å². The Balaban J connectivity index is 1.19. The summed E-state index contributed by atoms with van der Waals surface area (Å²) in [7, 11) is 0. The molecular weight excluding hydrogens is 449 g/mol. The predicted octanol–water partition coefficient (Wildman–Crippen LogP) is 3.05. The van der Waals surface area contributed by atoms with Gasteiger partial charge in [-0.05, 0) is 35.7 Å². The van der Waals surface area contributed by atoms with Gasteiger partial charge in [0.2, 0.25) is 0 Å². The molecule has 2 aliphatic heterocycles. The summed E-state index contributed by atoms with van der Waals surface area (Å²) in [5, 5.41) is 10.8. The maximum absolute atomic E-state index is 13.8. The molecule has 0 spiro atoms. The van der Waals surface area contributed by atoms with Crippen molar-refractivity contribution in [1.29, 1.82) is 0 Å². The van der Waals surface area contributed by atoms with E-state index >= 15 is 0 Å². The molecule has 182 valence electrons. The Morgan fingerprint density at radius 2 is 1.97 bits per heavy atom. The average molecular weight is 478 g/mol. The van der Waals surface area contributed by atoms with Gasteiger partial charge >= 0.3 is 0 Å². The molecule has 1 aromatic heterocycles. The highest BCUT2D eigenvalue weighted by molar-refractivity contribution is 5.97. The number of fused-ring (bicyclic) bond motifs is 2. The Hall–Kier alpha value is -3.49. The van der Waals surface area contributed by atoms with Crippen molar-refractivity contribution in [1.82, 2.24) is 14.8 Å². The molecule has 2 aliphatic rings. The molecule has 1 amide bonds. The zero-order chi connectivity index (χ0) is 24.2. The lowest BCUT2D eigenvalue weighted by Crippen LogP contribution is -2.44. The van der Waals surface area contributed by atoms with Gasteiger partial charge in [-0.2, -0.15) is 0 Å². The molecule has 0 bridgehead atoms. The first kappa shape index (κ1) is 23.3. The van der Waals surface area contributed by atoms with E-state index in [-0.39, 0.29) is 19.1 Å². The summed E-state index contributed by atoms with van der Waals surface area (Å²) in [4.78, 5) is 20.8. The van der Waals surface area contributed by atoms with Crippen molar-refractivity contribution in [2.45, 2.75) is 25.7 Å². The van der Waals surface area contributed by atoms with Gasteiger partial charge in [0.1, 0.15) is 30.5 Å². The summed E-state index contributed by atoms with van der Waals surface area (Å²) in [6, 6.07) is 14.9. The third-order valence-corrected chi connectivity index (χ3v) is 6.45. The lowest BCUT2D eigenvalue weighted by atomic mass is 10.00. The van der Waals surface area contributed by atoms with Crippen molar-refractivity contribution in [2.24, 2.45) is 0 Å². The SMILES string of the molecule is O=C1c2ccc(OCc3ccncc3F)cc2OCCN1C[C@H](O)CN1CCc2ccccc2C1. The molecule has 0 saturated carbocycles. The van der Waals surface area contributed by atoms with Crippen molar-refractivity contribution < 1.29 is 23.8 Å². The molecule has 1 N–H and O–H groups in total. The Morgan fingerprint density at radius 3 is 2.83 bits per heavy atom. The van der Waals surface area contributed by atoms with Gasteiger partial charge in [0.25, 0.3) is 5.91 Å². The molecule has 5 rings (SSSR count). The highest BCUT2D eigenvalue weighted by atomic mass is 19.1. The van der Waals surface area contributed by atoms with E-state index in [9.17, 15) is 14.3 Å². The van der Waals surface area contributed by atoms with E-state index in [0.29, 0.717) is 42.3 Å². The number of amides is 1. The first-order valence-electron chi connectivity index (χ1n) is 11.8. The van der Waals surface area contributed by atoms with Crippen molar-refractivity contribution in [3.05, 3.63) is 89.0 Å². The van der Waals surface area contributed by atoms with Gasteiger partial charge in [0.15, 0.2) is 0 Å². The molecule has 35 heavy (non-hydrogen) atoms. The van der Waals surface area contributed by atoms with Crippen LogP contribution in [0.3, 0.4) is 0 Å². The minimum absolute atomic E-state index is 0.0420. The van der Waals surface area contributed by atoms with Crippen LogP contribution >= 0.6 is 0 Å². The lowest BCUT2D eigenvalue weighted by molar-refractivity contribution is 0.0501. The van der Waals surface area contributed by atoms with Crippen molar-refractivity contribution in [3.63, 3.8) is 0 Å². The molecule has 2 aromatic carbocycles. The Morgan fingerprint density at radius 1 is 1.11 bits per heavy atom. The van der Waals surface area contributed by atoms with Gasteiger partial charge in [-0.3, -0.25) is 14.7 Å². The number of benzene rings is 2. The molecule has 0 saturated heterocycles. The fourth-order valence-electron chi connectivity index (χ4n) is 4.60. The normalized spacial score (nSPS) is 16.6. The molecule has 8 heteroatoms. The second kappa shape index (κ2) is 10.4. The lowest BCUT2D eigenvalue weighted by Gasteiger charge is -2.32. The molecule has 0 unspecified atom stereocenters. The third-order valence-electron chi connectivity index (χ3n) is 6.45. The van der Waals surface area contributed by atoms with Crippen LogP contribution in [0.1, 0.15) is 27.0 Å². The van der Waals surface area contributed by atoms with E-state index in [1.807, 2.05) is 6.07 Å². The minimum atomic E-state index is -0.663. The second-order valence-electron chi connectivity index (χ2n) is 8.92. The number of rotatable bonds is 7. The zero-order valence-corrected chi connectivity index (χ0v) is 19.4. The van der Waals surface area contributed by atoms with Crippen molar-refractivity contribution in [2.75, 3.05) is 32.8 Å². The number of pyridine rings is 1. The van der Waals surface area contributed by atoms with Gasteiger partial charge < -0.3 is 19.5 Å². The number of aromatic nitrogens is 1. The summed E-state index contributed by atoms with van der Waals surface area (Å²) >= 11 is 0. The molecule has 3 aromatic rings. The Bertz CT molecular complexity index is 1200. The number of aliphatic hydroxyl groups excluding tert-OH is 1. The van der Waals surface area contributed by atoms with Gasteiger partial charge in [0.05, 0.1) is 24.4 Å². The van der Waals surface area contributed by atoms with E-state index in [2.05, 4.69) is 28.1 Å². The van der Waals surface area contributed by atoms with Crippen LogP contribution in [0.25, 0.3) is 0 Å². The number of hydrogen-bond acceptors (Lipinski definition) is 6. The molecule has 3 heterocycles.